The number of likely N-dealkylation sites (tertiary alicyclic amines) is 1. The van der Waals surface area contributed by atoms with Gasteiger partial charge in [-0.15, -0.1) is 0 Å². The predicted molar refractivity (Wildman–Crippen MR) is 132 cm³/mol. The van der Waals surface area contributed by atoms with Gasteiger partial charge in [-0.3, -0.25) is 14.0 Å². The molecule has 1 aromatic carbocycles. The monoisotopic (exact) mass is 495 g/mol. The SMILES string of the molecule is COCCCN1C(=O)C(=O)C(=C(O)c2c(C)nc3ccccn23)C1c1cc(OC)c(OC)c(OC)c1. The summed E-state index contributed by atoms with van der Waals surface area (Å²) in [6.07, 6.45) is 2.24. The number of carbonyl (C=O) groups excluding carboxylic acids is 2. The molecule has 1 saturated heterocycles. The topological polar surface area (TPSA) is 112 Å². The van der Waals surface area contributed by atoms with E-state index < -0.39 is 17.7 Å². The lowest BCUT2D eigenvalue weighted by atomic mass is 9.95. The van der Waals surface area contributed by atoms with Crippen LogP contribution in [0, 0.1) is 6.92 Å². The number of carbonyl (C=O) groups is 2. The third-order valence-corrected chi connectivity index (χ3v) is 6.22. The van der Waals surface area contributed by atoms with Crippen LogP contribution in [0.25, 0.3) is 11.4 Å². The van der Waals surface area contributed by atoms with Crippen LogP contribution in [0.4, 0.5) is 0 Å². The molecule has 1 aliphatic rings. The Hall–Kier alpha value is -4.05. The number of benzene rings is 1. The Morgan fingerprint density at radius 1 is 1.06 bits per heavy atom. The van der Waals surface area contributed by atoms with E-state index in [0.29, 0.717) is 52.9 Å². The number of hydrogen-bond donors (Lipinski definition) is 1. The van der Waals surface area contributed by atoms with E-state index in [2.05, 4.69) is 4.98 Å². The van der Waals surface area contributed by atoms with Crippen LogP contribution in [-0.4, -0.2) is 72.7 Å². The summed E-state index contributed by atoms with van der Waals surface area (Å²) in [6.45, 7) is 2.38. The molecule has 2 aromatic heterocycles. The average molecular weight is 496 g/mol. The number of methoxy groups -OCH3 is 4. The first-order valence-corrected chi connectivity index (χ1v) is 11.4. The molecule has 10 nitrogen and oxygen atoms in total. The molecule has 1 unspecified atom stereocenters. The second-order valence-corrected chi connectivity index (χ2v) is 8.27. The number of ether oxygens (including phenoxy) is 4. The Labute approximate surface area is 208 Å². The summed E-state index contributed by atoms with van der Waals surface area (Å²) in [5, 5.41) is 11.6. The highest BCUT2D eigenvalue weighted by molar-refractivity contribution is 6.46. The molecular weight excluding hydrogens is 466 g/mol. The molecule has 3 aromatic rings. The van der Waals surface area contributed by atoms with Crippen LogP contribution in [-0.2, 0) is 14.3 Å². The number of aryl methyl sites for hydroxylation is 1. The molecule has 1 fully saturated rings. The van der Waals surface area contributed by atoms with Gasteiger partial charge in [-0.25, -0.2) is 4.98 Å². The van der Waals surface area contributed by atoms with Crippen molar-refractivity contribution >= 4 is 23.1 Å². The van der Waals surface area contributed by atoms with Crippen molar-refractivity contribution in [2.45, 2.75) is 19.4 Å². The summed E-state index contributed by atoms with van der Waals surface area (Å²) in [7, 11) is 6.03. The number of fused-ring (bicyclic) bond motifs is 1. The van der Waals surface area contributed by atoms with Crippen molar-refractivity contribution in [2.24, 2.45) is 0 Å². The standard InChI is InChI=1S/C26H29N3O7/c1-15-21(28-10-7-6-9-19(28)27-15)23(30)20-22(29(11-8-12-33-2)26(32)24(20)31)16-13-17(34-3)25(36-5)18(14-16)35-4/h6-7,9-10,13-14,22,30H,8,11-12H2,1-5H3. The zero-order valence-corrected chi connectivity index (χ0v) is 20.9. The largest absolute Gasteiger partial charge is 0.505 e. The number of nitrogens with zero attached hydrogens (tertiary/aromatic N) is 3. The first-order chi connectivity index (χ1) is 17.4. The Morgan fingerprint density at radius 2 is 1.75 bits per heavy atom. The number of amides is 1. The third-order valence-electron chi connectivity index (χ3n) is 6.22. The summed E-state index contributed by atoms with van der Waals surface area (Å²) in [4.78, 5) is 32.5. The normalized spacial score (nSPS) is 17.1. The quantitative estimate of drug-likeness (QED) is 0.209. The number of hydrogen-bond acceptors (Lipinski definition) is 8. The second kappa shape index (κ2) is 10.3. The highest BCUT2D eigenvalue weighted by Gasteiger charge is 2.47. The van der Waals surface area contributed by atoms with Crippen molar-refractivity contribution in [1.82, 2.24) is 14.3 Å². The maximum Gasteiger partial charge on any atom is 0.295 e. The number of Topliss-reactive ketones (excluding diaryl/α,β-unsaturated/α-hetero) is 1. The highest BCUT2D eigenvalue weighted by Crippen LogP contribution is 2.46. The van der Waals surface area contributed by atoms with Crippen LogP contribution in [0.1, 0.15) is 29.4 Å². The molecular formula is C26H29N3O7. The molecule has 1 atom stereocenters. The van der Waals surface area contributed by atoms with Crippen molar-refractivity contribution in [1.29, 1.82) is 0 Å². The van der Waals surface area contributed by atoms with E-state index >= 15 is 0 Å². The number of aliphatic hydroxyl groups excluding tert-OH is 1. The number of pyridine rings is 1. The van der Waals surface area contributed by atoms with E-state index in [1.807, 2.05) is 6.07 Å². The van der Waals surface area contributed by atoms with Gasteiger partial charge in [-0.1, -0.05) is 6.07 Å². The van der Waals surface area contributed by atoms with E-state index in [1.165, 1.54) is 26.2 Å². The van der Waals surface area contributed by atoms with Gasteiger partial charge >= 0.3 is 0 Å². The Bertz CT molecular complexity index is 1320. The average Bonchev–Trinajstić information content (AvgIpc) is 3.35. The van der Waals surface area contributed by atoms with Crippen molar-refractivity contribution in [3.8, 4) is 17.2 Å². The first kappa shape index (κ1) is 25.1. The molecule has 3 heterocycles. The molecule has 1 aliphatic heterocycles. The summed E-state index contributed by atoms with van der Waals surface area (Å²) < 4.78 is 23.3. The van der Waals surface area contributed by atoms with Crippen molar-refractivity contribution in [3.63, 3.8) is 0 Å². The zero-order valence-electron chi connectivity index (χ0n) is 20.9. The lowest BCUT2D eigenvalue weighted by molar-refractivity contribution is -0.140. The lowest BCUT2D eigenvalue weighted by Gasteiger charge is -2.26. The molecule has 1 amide bonds. The van der Waals surface area contributed by atoms with E-state index in [0.717, 1.165) is 0 Å². The number of imidazole rings is 1. The minimum Gasteiger partial charge on any atom is -0.505 e. The van der Waals surface area contributed by atoms with Gasteiger partial charge in [0, 0.05) is 26.5 Å². The smallest absolute Gasteiger partial charge is 0.295 e. The fourth-order valence-electron chi connectivity index (χ4n) is 4.62. The zero-order chi connectivity index (χ0) is 26.0. The molecule has 0 aliphatic carbocycles. The number of aromatic nitrogens is 2. The minimum atomic E-state index is -0.899. The van der Waals surface area contributed by atoms with Gasteiger partial charge in [0.15, 0.2) is 17.3 Å². The second-order valence-electron chi connectivity index (χ2n) is 8.27. The number of rotatable bonds is 9. The van der Waals surface area contributed by atoms with Crippen LogP contribution in [0.15, 0.2) is 42.1 Å². The molecule has 4 rings (SSSR count). The molecule has 10 heteroatoms. The van der Waals surface area contributed by atoms with Crippen LogP contribution >= 0.6 is 0 Å². The summed E-state index contributed by atoms with van der Waals surface area (Å²) >= 11 is 0. The van der Waals surface area contributed by atoms with Crippen LogP contribution < -0.4 is 14.2 Å². The number of ketones is 1. The first-order valence-electron chi connectivity index (χ1n) is 11.4. The predicted octanol–water partition coefficient (Wildman–Crippen LogP) is 3.13. The van der Waals surface area contributed by atoms with Gasteiger partial charge in [0.1, 0.15) is 11.3 Å². The van der Waals surface area contributed by atoms with Crippen LogP contribution in [0.2, 0.25) is 0 Å². The maximum absolute atomic E-state index is 13.4. The van der Waals surface area contributed by atoms with Gasteiger partial charge in [-0.2, -0.15) is 0 Å². The fourth-order valence-corrected chi connectivity index (χ4v) is 4.62. The Morgan fingerprint density at radius 3 is 2.36 bits per heavy atom. The Kier molecular flexibility index (Phi) is 7.16. The van der Waals surface area contributed by atoms with Crippen molar-refractivity contribution in [2.75, 3.05) is 41.6 Å². The minimum absolute atomic E-state index is 0.0413. The fraction of sp³-hybridized carbons (Fsp3) is 0.346. The summed E-state index contributed by atoms with van der Waals surface area (Å²) in [5.74, 6) is -0.706. The lowest BCUT2D eigenvalue weighted by Crippen LogP contribution is -2.31. The van der Waals surface area contributed by atoms with E-state index in [4.69, 9.17) is 18.9 Å². The van der Waals surface area contributed by atoms with Crippen molar-refractivity contribution < 1.29 is 33.6 Å². The van der Waals surface area contributed by atoms with E-state index in [-0.39, 0.29) is 17.9 Å². The highest BCUT2D eigenvalue weighted by atomic mass is 16.5. The van der Waals surface area contributed by atoms with Crippen molar-refractivity contribution in [3.05, 3.63) is 59.1 Å². The number of aliphatic hydroxyl groups is 1. The van der Waals surface area contributed by atoms with Gasteiger partial charge in [0.2, 0.25) is 5.75 Å². The summed E-state index contributed by atoms with van der Waals surface area (Å²) in [5.41, 5.74) is 1.95. The van der Waals surface area contributed by atoms with Gasteiger partial charge in [0.25, 0.3) is 11.7 Å². The molecule has 0 spiro atoms. The van der Waals surface area contributed by atoms with E-state index in [9.17, 15) is 14.7 Å². The molecule has 0 saturated carbocycles. The molecule has 0 radical (unpaired) electrons. The van der Waals surface area contributed by atoms with Gasteiger partial charge in [-0.05, 0) is 43.2 Å². The van der Waals surface area contributed by atoms with Crippen LogP contribution in [0.3, 0.4) is 0 Å². The molecule has 0 bridgehead atoms. The van der Waals surface area contributed by atoms with Gasteiger partial charge in [0.05, 0.1) is 38.6 Å². The molecule has 1 N–H and O–H groups in total. The van der Waals surface area contributed by atoms with Crippen LogP contribution in [0.5, 0.6) is 17.2 Å². The molecule has 190 valence electrons. The van der Waals surface area contributed by atoms with E-state index in [1.54, 1.807) is 48.9 Å². The maximum atomic E-state index is 13.4. The van der Waals surface area contributed by atoms with Gasteiger partial charge < -0.3 is 29.0 Å². The third kappa shape index (κ3) is 4.13. The summed E-state index contributed by atoms with van der Waals surface area (Å²) in [6, 6.07) is 7.88. The Balaban J connectivity index is 1.97. The molecule has 36 heavy (non-hydrogen) atoms.